The quantitative estimate of drug-likeness (QED) is 0.702. The van der Waals surface area contributed by atoms with Crippen LogP contribution in [0.3, 0.4) is 0 Å². The summed E-state index contributed by atoms with van der Waals surface area (Å²) in [6.07, 6.45) is 6.43. The zero-order valence-corrected chi connectivity index (χ0v) is 14.3. The number of aryl methyl sites for hydroxylation is 1. The van der Waals surface area contributed by atoms with E-state index in [1.807, 2.05) is 12.1 Å². The number of carbonyl (C=O) groups is 1. The topological polar surface area (TPSA) is 99.2 Å². The van der Waals surface area contributed by atoms with Crippen LogP contribution < -0.4 is 4.74 Å². The smallest absolute Gasteiger partial charge is 0.259 e. The largest absolute Gasteiger partial charge is 0.473 e. The summed E-state index contributed by atoms with van der Waals surface area (Å²) in [5, 5.41) is 16.0. The molecule has 0 aromatic carbocycles. The second-order valence-corrected chi connectivity index (χ2v) is 6.09. The van der Waals surface area contributed by atoms with Gasteiger partial charge in [0, 0.05) is 44.4 Å². The average Bonchev–Trinajstić information content (AvgIpc) is 3.34. The monoisotopic (exact) mass is 354 g/mol. The molecular formula is C17H18N6O3. The van der Waals surface area contributed by atoms with Crippen LogP contribution in [0.2, 0.25) is 0 Å². The van der Waals surface area contributed by atoms with Crippen LogP contribution >= 0.6 is 0 Å². The van der Waals surface area contributed by atoms with E-state index in [1.54, 1.807) is 35.0 Å². The minimum absolute atomic E-state index is 0.00692. The third-order valence-electron chi connectivity index (χ3n) is 4.36. The van der Waals surface area contributed by atoms with Gasteiger partial charge in [0.05, 0.1) is 6.20 Å². The fourth-order valence-electron chi connectivity index (χ4n) is 2.92. The van der Waals surface area contributed by atoms with E-state index in [0.717, 1.165) is 12.8 Å². The van der Waals surface area contributed by atoms with Gasteiger partial charge >= 0.3 is 0 Å². The predicted octanol–water partition coefficient (Wildman–Crippen LogP) is 1.64. The molecule has 4 heterocycles. The van der Waals surface area contributed by atoms with E-state index in [4.69, 9.17) is 9.26 Å². The second kappa shape index (κ2) is 6.95. The van der Waals surface area contributed by atoms with Crippen molar-refractivity contribution in [2.24, 2.45) is 0 Å². The fraction of sp³-hybridized carbons (Fsp3) is 0.353. The van der Waals surface area contributed by atoms with E-state index >= 15 is 0 Å². The Morgan fingerprint density at radius 3 is 2.73 bits per heavy atom. The summed E-state index contributed by atoms with van der Waals surface area (Å²) in [5.41, 5.74) is 0.518. The van der Waals surface area contributed by atoms with Crippen LogP contribution in [-0.2, 0) is 0 Å². The second-order valence-electron chi connectivity index (χ2n) is 6.09. The first kappa shape index (κ1) is 16.2. The van der Waals surface area contributed by atoms with Gasteiger partial charge in [-0.1, -0.05) is 5.16 Å². The van der Waals surface area contributed by atoms with Crippen molar-refractivity contribution in [3.63, 3.8) is 0 Å². The number of likely N-dealkylation sites (tertiary alicyclic amines) is 1. The molecule has 3 aromatic rings. The highest BCUT2D eigenvalue weighted by Gasteiger charge is 2.27. The number of rotatable bonds is 4. The third-order valence-corrected chi connectivity index (χ3v) is 4.36. The first-order chi connectivity index (χ1) is 12.7. The highest BCUT2D eigenvalue weighted by molar-refractivity contribution is 5.94. The van der Waals surface area contributed by atoms with Crippen molar-refractivity contribution < 1.29 is 14.1 Å². The Morgan fingerprint density at radius 1 is 1.27 bits per heavy atom. The van der Waals surface area contributed by atoms with Crippen molar-refractivity contribution in [3.8, 4) is 11.7 Å². The van der Waals surface area contributed by atoms with Crippen LogP contribution in [0.1, 0.15) is 29.0 Å². The molecule has 9 heteroatoms. The molecule has 134 valence electrons. The van der Waals surface area contributed by atoms with Gasteiger partial charge in [0.1, 0.15) is 17.4 Å². The molecule has 0 N–H and O–H groups in total. The molecule has 1 fully saturated rings. The zero-order chi connectivity index (χ0) is 17.9. The molecule has 0 radical (unpaired) electrons. The van der Waals surface area contributed by atoms with Gasteiger partial charge in [0.25, 0.3) is 5.91 Å². The van der Waals surface area contributed by atoms with Gasteiger partial charge in [-0.05, 0) is 19.1 Å². The molecule has 26 heavy (non-hydrogen) atoms. The van der Waals surface area contributed by atoms with Crippen LogP contribution in [0, 0.1) is 6.92 Å². The third kappa shape index (κ3) is 3.28. The van der Waals surface area contributed by atoms with Crippen LogP contribution in [-0.4, -0.2) is 55.1 Å². The molecule has 9 nitrogen and oxygen atoms in total. The molecule has 4 rings (SSSR count). The highest BCUT2D eigenvalue weighted by atomic mass is 16.5. The first-order valence-corrected chi connectivity index (χ1v) is 8.41. The van der Waals surface area contributed by atoms with Gasteiger partial charge in [-0.2, -0.15) is 5.10 Å². The Labute approximate surface area is 149 Å². The van der Waals surface area contributed by atoms with E-state index in [9.17, 15) is 4.79 Å². The molecule has 1 saturated heterocycles. The van der Waals surface area contributed by atoms with Crippen molar-refractivity contribution in [1.29, 1.82) is 0 Å². The summed E-state index contributed by atoms with van der Waals surface area (Å²) in [6, 6.07) is 5.41. The Kier molecular flexibility index (Phi) is 4.34. The number of nitrogens with zero attached hydrogens (tertiary/aromatic N) is 6. The number of carbonyl (C=O) groups excluding carboxylic acids is 1. The molecule has 0 saturated carbocycles. The molecule has 0 unspecified atom stereocenters. The lowest BCUT2D eigenvalue weighted by Crippen LogP contribution is -2.42. The van der Waals surface area contributed by atoms with E-state index in [-0.39, 0.29) is 12.0 Å². The minimum atomic E-state index is -0.0504. The molecule has 0 atom stereocenters. The molecule has 1 aliphatic rings. The summed E-state index contributed by atoms with van der Waals surface area (Å²) in [6.45, 7) is 2.97. The predicted molar refractivity (Wildman–Crippen MR) is 89.9 cm³/mol. The van der Waals surface area contributed by atoms with Gasteiger partial charge in [-0.15, -0.1) is 10.2 Å². The van der Waals surface area contributed by atoms with E-state index in [1.165, 1.54) is 6.20 Å². The van der Waals surface area contributed by atoms with Gasteiger partial charge < -0.3 is 14.2 Å². The first-order valence-electron chi connectivity index (χ1n) is 8.41. The van der Waals surface area contributed by atoms with E-state index < -0.39 is 0 Å². The van der Waals surface area contributed by atoms with Crippen LogP contribution in [0.4, 0.5) is 0 Å². The van der Waals surface area contributed by atoms with Crippen molar-refractivity contribution in [2.45, 2.75) is 25.9 Å². The minimum Gasteiger partial charge on any atom is -0.473 e. The van der Waals surface area contributed by atoms with Gasteiger partial charge in [0.2, 0.25) is 5.88 Å². The standard InChI is InChI=1S/C17H18N6O3/c1-12-14(11-19-26-12)17(24)22-9-5-13(6-10-22)25-16-4-3-15(20-21-16)23-8-2-7-18-23/h2-4,7-8,11,13H,5-6,9-10H2,1H3. The molecule has 1 amide bonds. The number of aromatic nitrogens is 5. The molecule has 0 spiro atoms. The highest BCUT2D eigenvalue weighted by Crippen LogP contribution is 2.20. The molecule has 0 bridgehead atoms. The van der Waals surface area contributed by atoms with Crippen molar-refractivity contribution in [1.82, 2.24) is 30.0 Å². The maximum atomic E-state index is 12.5. The lowest BCUT2D eigenvalue weighted by molar-refractivity contribution is 0.0584. The van der Waals surface area contributed by atoms with Crippen LogP contribution in [0.5, 0.6) is 5.88 Å². The normalized spacial score (nSPS) is 15.2. The summed E-state index contributed by atoms with van der Waals surface area (Å²) in [7, 11) is 0. The van der Waals surface area contributed by atoms with Crippen LogP contribution in [0.25, 0.3) is 5.82 Å². The SMILES string of the molecule is Cc1oncc1C(=O)N1CCC(Oc2ccc(-n3cccn3)nn2)CC1. The van der Waals surface area contributed by atoms with Crippen molar-refractivity contribution in [2.75, 3.05) is 13.1 Å². The van der Waals surface area contributed by atoms with Crippen molar-refractivity contribution >= 4 is 5.91 Å². The Morgan fingerprint density at radius 2 is 2.12 bits per heavy atom. The summed E-state index contributed by atoms with van der Waals surface area (Å²) < 4.78 is 12.5. The molecule has 3 aromatic heterocycles. The number of hydrogen-bond acceptors (Lipinski definition) is 7. The lowest BCUT2D eigenvalue weighted by Gasteiger charge is -2.31. The molecule has 0 aliphatic carbocycles. The Balaban J connectivity index is 1.32. The molecule has 1 aliphatic heterocycles. The average molecular weight is 354 g/mol. The number of ether oxygens (including phenoxy) is 1. The Bertz CT molecular complexity index is 866. The number of hydrogen-bond donors (Lipinski definition) is 0. The van der Waals surface area contributed by atoms with Gasteiger partial charge in [-0.3, -0.25) is 4.79 Å². The number of piperidine rings is 1. The van der Waals surface area contributed by atoms with Gasteiger partial charge in [-0.25, -0.2) is 4.68 Å². The number of amides is 1. The van der Waals surface area contributed by atoms with E-state index in [0.29, 0.717) is 36.1 Å². The summed E-state index contributed by atoms with van der Waals surface area (Å²) in [5.74, 6) is 1.60. The maximum absolute atomic E-state index is 12.5. The summed E-state index contributed by atoms with van der Waals surface area (Å²) >= 11 is 0. The maximum Gasteiger partial charge on any atom is 0.259 e. The van der Waals surface area contributed by atoms with Crippen molar-refractivity contribution in [3.05, 3.63) is 48.1 Å². The Hall–Kier alpha value is -3.23. The van der Waals surface area contributed by atoms with E-state index in [2.05, 4.69) is 20.5 Å². The molecular weight excluding hydrogens is 336 g/mol. The summed E-state index contributed by atoms with van der Waals surface area (Å²) in [4.78, 5) is 14.2. The zero-order valence-electron chi connectivity index (χ0n) is 14.3. The fourth-order valence-corrected chi connectivity index (χ4v) is 2.92. The lowest BCUT2D eigenvalue weighted by atomic mass is 10.1. The van der Waals surface area contributed by atoms with Gasteiger partial charge in [0.15, 0.2) is 5.82 Å². The van der Waals surface area contributed by atoms with Crippen LogP contribution in [0.15, 0.2) is 41.3 Å².